The van der Waals surface area contributed by atoms with Crippen molar-refractivity contribution >= 4 is 10.0 Å². The molecule has 1 fully saturated rings. The minimum Gasteiger partial charge on any atom is -0.494 e. The number of hydrogen-bond acceptors (Lipinski definition) is 4. The molecular weight excluding hydrogens is 360 g/mol. The fourth-order valence-electron chi connectivity index (χ4n) is 3.35. The first-order valence-corrected chi connectivity index (χ1v) is 11.0. The van der Waals surface area contributed by atoms with Crippen molar-refractivity contribution in [3.8, 4) is 5.75 Å². The Kier molecular flexibility index (Phi) is 6.52. The Labute approximate surface area is 162 Å². The maximum absolute atomic E-state index is 12.9. The van der Waals surface area contributed by atoms with Gasteiger partial charge in [-0.25, -0.2) is 8.42 Å². The number of nitrogens with zero attached hydrogens (tertiary/aromatic N) is 2. The van der Waals surface area contributed by atoms with Crippen molar-refractivity contribution in [2.45, 2.75) is 31.7 Å². The molecule has 27 heavy (non-hydrogen) atoms. The second-order valence-corrected chi connectivity index (χ2v) is 8.66. The lowest BCUT2D eigenvalue weighted by atomic mass is 10.2. The first-order valence-electron chi connectivity index (χ1n) is 9.56. The molecule has 6 heteroatoms. The molecule has 0 unspecified atom stereocenters. The summed E-state index contributed by atoms with van der Waals surface area (Å²) in [5.74, 6) is 0.908. The first-order chi connectivity index (χ1) is 13.0. The summed E-state index contributed by atoms with van der Waals surface area (Å²) in [6.45, 7) is 7.90. The van der Waals surface area contributed by atoms with Gasteiger partial charge < -0.3 is 4.74 Å². The zero-order valence-electron chi connectivity index (χ0n) is 16.1. The van der Waals surface area contributed by atoms with Gasteiger partial charge in [0.1, 0.15) is 5.75 Å². The third kappa shape index (κ3) is 4.69. The molecule has 0 bridgehead atoms. The molecule has 1 heterocycles. The second kappa shape index (κ2) is 8.87. The summed E-state index contributed by atoms with van der Waals surface area (Å²) in [6.07, 6.45) is 0.905. The quantitative estimate of drug-likeness (QED) is 0.731. The van der Waals surface area contributed by atoms with Crippen LogP contribution >= 0.6 is 0 Å². The molecule has 0 atom stereocenters. The van der Waals surface area contributed by atoms with Gasteiger partial charge in [-0.05, 0) is 37.1 Å². The van der Waals surface area contributed by atoms with Gasteiger partial charge in [-0.3, -0.25) is 4.90 Å². The third-order valence-corrected chi connectivity index (χ3v) is 6.88. The maximum Gasteiger partial charge on any atom is 0.243 e. The molecule has 2 aromatic rings. The van der Waals surface area contributed by atoms with E-state index in [1.54, 1.807) is 16.4 Å². The van der Waals surface area contributed by atoms with Crippen LogP contribution in [0.5, 0.6) is 5.75 Å². The smallest absolute Gasteiger partial charge is 0.243 e. The highest BCUT2D eigenvalue weighted by Gasteiger charge is 2.28. The van der Waals surface area contributed by atoms with Crippen molar-refractivity contribution in [3.05, 3.63) is 59.7 Å². The van der Waals surface area contributed by atoms with Crippen LogP contribution in [0.2, 0.25) is 0 Å². The van der Waals surface area contributed by atoms with Crippen LogP contribution < -0.4 is 4.74 Å². The van der Waals surface area contributed by atoms with E-state index in [4.69, 9.17) is 4.74 Å². The van der Waals surface area contributed by atoms with Crippen molar-refractivity contribution in [1.29, 1.82) is 0 Å². The van der Waals surface area contributed by atoms with Crippen molar-refractivity contribution in [2.24, 2.45) is 0 Å². The topological polar surface area (TPSA) is 49.9 Å². The van der Waals surface area contributed by atoms with Gasteiger partial charge in [0.25, 0.3) is 0 Å². The van der Waals surface area contributed by atoms with Crippen LogP contribution in [0.1, 0.15) is 25.0 Å². The monoisotopic (exact) mass is 388 g/mol. The number of sulfonamides is 1. The maximum atomic E-state index is 12.9. The lowest BCUT2D eigenvalue weighted by Gasteiger charge is -2.34. The van der Waals surface area contributed by atoms with Gasteiger partial charge in [0.15, 0.2) is 0 Å². The minimum absolute atomic E-state index is 0.384. The lowest BCUT2D eigenvalue weighted by Crippen LogP contribution is -2.48. The number of piperazine rings is 1. The molecule has 1 aliphatic rings. The highest BCUT2D eigenvalue weighted by atomic mass is 32.2. The predicted octanol–water partition coefficient (Wildman–Crippen LogP) is 3.15. The summed E-state index contributed by atoms with van der Waals surface area (Å²) in [6, 6.07) is 15.3. The zero-order valence-corrected chi connectivity index (χ0v) is 16.9. The molecule has 3 rings (SSSR count). The van der Waals surface area contributed by atoms with Crippen LogP contribution in [0.3, 0.4) is 0 Å². The Morgan fingerprint density at radius 2 is 1.59 bits per heavy atom. The molecule has 0 N–H and O–H groups in total. The van der Waals surface area contributed by atoms with Gasteiger partial charge >= 0.3 is 0 Å². The Hall–Kier alpha value is -1.89. The van der Waals surface area contributed by atoms with Crippen LogP contribution in [0.4, 0.5) is 0 Å². The molecule has 0 saturated carbocycles. The van der Waals surface area contributed by atoms with E-state index in [-0.39, 0.29) is 0 Å². The molecule has 0 aliphatic carbocycles. The molecule has 0 aromatic heterocycles. The van der Waals surface area contributed by atoms with E-state index in [2.05, 4.69) is 17.9 Å². The molecular formula is C21H28N2O3S. The largest absolute Gasteiger partial charge is 0.494 e. The summed E-state index contributed by atoms with van der Waals surface area (Å²) >= 11 is 0. The van der Waals surface area contributed by atoms with E-state index in [0.29, 0.717) is 37.7 Å². The Balaban J connectivity index is 1.63. The Bertz CT molecular complexity index is 842. The van der Waals surface area contributed by atoms with E-state index < -0.39 is 10.0 Å². The molecule has 146 valence electrons. The molecule has 0 radical (unpaired) electrons. The summed E-state index contributed by atoms with van der Waals surface area (Å²) in [4.78, 5) is 2.67. The van der Waals surface area contributed by atoms with Crippen LogP contribution in [0.15, 0.2) is 53.4 Å². The van der Waals surface area contributed by atoms with E-state index >= 15 is 0 Å². The molecule has 1 aliphatic heterocycles. The standard InChI is InChI=1S/C21H28N2O3S/c1-3-18-9-11-20(12-10-18)27(24,25)23-15-13-22(14-16-23)17-19-7-5-6-8-21(19)26-4-2/h5-12H,3-4,13-17H2,1-2H3. The number of benzene rings is 2. The third-order valence-electron chi connectivity index (χ3n) is 4.97. The van der Waals surface area contributed by atoms with Crippen LogP contribution in [-0.2, 0) is 23.0 Å². The molecule has 1 saturated heterocycles. The van der Waals surface area contributed by atoms with E-state index in [1.807, 2.05) is 37.3 Å². The van der Waals surface area contributed by atoms with Crippen LogP contribution in [0.25, 0.3) is 0 Å². The number of rotatable bonds is 7. The summed E-state index contributed by atoms with van der Waals surface area (Å²) < 4.78 is 33.1. The van der Waals surface area contributed by atoms with Crippen molar-refractivity contribution < 1.29 is 13.2 Å². The van der Waals surface area contributed by atoms with Gasteiger partial charge in [0.05, 0.1) is 11.5 Å². The fraction of sp³-hybridized carbons (Fsp3) is 0.429. The SMILES string of the molecule is CCOc1ccccc1CN1CCN(S(=O)(=O)c2ccc(CC)cc2)CC1. The summed E-state index contributed by atoms with van der Waals surface area (Å²) in [5, 5.41) is 0. The lowest BCUT2D eigenvalue weighted by molar-refractivity contribution is 0.179. The number of para-hydroxylation sites is 1. The van der Waals surface area contributed by atoms with Gasteiger partial charge in [0.2, 0.25) is 10.0 Å². The highest BCUT2D eigenvalue weighted by Crippen LogP contribution is 2.22. The van der Waals surface area contributed by atoms with Gasteiger partial charge in [-0.1, -0.05) is 37.3 Å². The highest BCUT2D eigenvalue weighted by molar-refractivity contribution is 7.89. The molecule has 0 spiro atoms. The Morgan fingerprint density at radius 1 is 0.926 bits per heavy atom. The summed E-state index contributed by atoms with van der Waals surface area (Å²) in [7, 11) is -3.42. The average Bonchev–Trinajstić information content (AvgIpc) is 2.70. The van der Waals surface area contributed by atoms with Crippen molar-refractivity contribution in [2.75, 3.05) is 32.8 Å². The fourth-order valence-corrected chi connectivity index (χ4v) is 4.77. The van der Waals surface area contributed by atoms with Gasteiger partial charge in [0, 0.05) is 38.3 Å². The normalized spacial score (nSPS) is 16.4. The average molecular weight is 389 g/mol. The van der Waals surface area contributed by atoms with E-state index in [0.717, 1.165) is 29.8 Å². The zero-order chi connectivity index (χ0) is 19.3. The number of aryl methyl sites for hydroxylation is 1. The van der Waals surface area contributed by atoms with Crippen molar-refractivity contribution in [3.63, 3.8) is 0 Å². The molecule has 2 aromatic carbocycles. The van der Waals surface area contributed by atoms with Crippen LogP contribution in [0, 0.1) is 0 Å². The Morgan fingerprint density at radius 3 is 2.22 bits per heavy atom. The van der Waals surface area contributed by atoms with Crippen LogP contribution in [-0.4, -0.2) is 50.4 Å². The second-order valence-electron chi connectivity index (χ2n) is 6.72. The summed E-state index contributed by atoms with van der Waals surface area (Å²) in [5.41, 5.74) is 2.29. The minimum atomic E-state index is -3.42. The first kappa shape index (κ1) is 19.9. The molecule has 0 amide bonds. The predicted molar refractivity (Wildman–Crippen MR) is 107 cm³/mol. The van der Waals surface area contributed by atoms with Gasteiger partial charge in [-0.2, -0.15) is 4.31 Å². The number of hydrogen-bond donors (Lipinski definition) is 0. The van der Waals surface area contributed by atoms with E-state index in [1.165, 1.54) is 0 Å². The van der Waals surface area contributed by atoms with E-state index in [9.17, 15) is 8.42 Å². The van der Waals surface area contributed by atoms with Crippen molar-refractivity contribution in [1.82, 2.24) is 9.21 Å². The van der Waals surface area contributed by atoms with Gasteiger partial charge in [-0.15, -0.1) is 0 Å². The molecule has 5 nitrogen and oxygen atoms in total. The number of ether oxygens (including phenoxy) is 1.